The van der Waals surface area contributed by atoms with E-state index in [0.717, 1.165) is 37.6 Å². The first kappa shape index (κ1) is 28.8. The van der Waals surface area contributed by atoms with Crippen LogP contribution in [-0.4, -0.2) is 45.4 Å². The van der Waals surface area contributed by atoms with Crippen molar-refractivity contribution in [3.05, 3.63) is 78.4 Å². The van der Waals surface area contributed by atoms with E-state index < -0.39 is 6.04 Å². The van der Waals surface area contributed by atoms with Crippen molar-refractivity contribution >= 4 is 40.1 Å². The van der Waals surface area contributed by atoms with E-state index in [1.54, 1.807) is 28.9 Å². The Kier molecular flexibility index (Phi) is 9.11. The van der Waals surface area contributed by atoms with Gasteiger partial charge in [0, 0.05) is 24.3 Å². The van der Waals surface area contributed by atoms with Gasteiger partial charge < -0.3 is 15.4 Å². The minimum absolute atomic E-state index is 0.0507. The maximum absolute atomic E-state index is 14.3. The summed E-state index contributed by atoms with van der Waals surface area (Å²) in [7, 11) is 0. The summed E-state index contributed by atoms with van der Waals surface area (Å²) in [5.74, 6) is -0.114. The summed E-state index contributed by atoms with van der Waals surface area (Å²) in [5.41, 5.74) is 3.14. The molecule has 0 spiro atoms. The molecule has 1 fully saturated rings. The molecule has 0 radical (unpaired) electrons. The average molecular weight is 569 g/mol. The number of anilines is 2. The third-order valence-corrected chi connectivity index (χ3v) is 7.40. The monoisotopic (exact) mass is 568 g/mol. The first-order valence-electron chi connectivity index (χ1n) is 14.4. The van der Waals surface area contributed by atoms with Gasteiger partial charge in [-0.2, -0.15) is 0 Å². The van der Waals surface area contributed by atoms with Gasteiger partial charge in [-0.25, -0.2) is 4.68 Å². The summed E-state index contributed by atoms with van der Waals surface area (Å²) < 4.78 is 7.18. The van der Waals surface area contributed by atoms with Crippen LogP contribution in [0, 0.1) is 0 Å². The van der Waals surface area contributed by atoms with E-state index in [9.17, 15) is 14.4 Å². The standard InChI is InChI=1S/C32H36N6O4/c1-3-42-27-19-13-23(14-20-27)31(32(41)34-24-9-5-4-6-10-24)38(26-17-15-25(16-18-26)33-22(2)39)30(40)21-37-29-12-8-7-11-28(29)35-36-37/h7-8,11-20,24,31H,3-6,9-10,21H2,1-2H3,(H,33,39)(H,34,41). The molecule has 0 saturated heterocycles. The predicted octanol–water partition coefficient (Wildman–Crippen LogP) is 5.01. The van der Waals surface area contributed by atoms with Crippen LogP contribution >= 0.6 is 0 Å². The smallest absolute Gasteiger partial charge is 0.249 e. The van der Waals surface area contributed by atoms with Crippen LogP contribution in [0.3, 0.4) is 0 Å². The highest BCUT2D eigenvalue weighted by molar-refractivity contribution is 6.02. The van der Waals surface area contributed by atoms with Gasteiger partial charge in [0.15, 0.2) is 0 Å². The number of carbonyl (C=O) groups is 3. The molecule has 1 aliphatic carbocycles. The number of nitrogens with one attached hydrogen (secondary N) is 2. The second-order valence-electron chi connectivity index (χ2n) is 10.5. The molecule has 3 aromatic carbocycles. The second-order valence-corrected chi connectivity index (χ2v) is 10.5. The zero-order chi connectivity index (χ0) is 29.5. The van der Waals surface area contributed by atoms with Gasteiger partial charge in [-0.1, -0.05) is 48.7 Å². The fraction of sp³-hybridized carbons (Fsp3) is 0.344. The molecular weight excluding hydrogens is 532 g/mol. The Balaban J connectivity index is 1.56. The lowest BCUT2D eigenvalue weighted by Gasteiger charge is -2.33. The minimum Gasteiger partial charge on any atom is -0.494 e. The van der Waals surface area contributed by atoms with Gasteiger partial charge in [0.05, 0.1) is 12.1 Å². The first-order valence-corrected chi connectivity index (χ1v) is 14.4. The highest BCUT2D eigenvalue weighted by Crippen LogP contribution is 2.31. The van der Waals surface area contributed by atoms with Gasteiger partial charge in [-0.15, -0.1) is 5.10 Å². The van der Waals surface area contributed by atoms with Crippen molar-refractivity contribution in [2.75, 3.05) is 16.8 Å². The molecule has 1 saturated carbocycles. The van der Waals surface area contributed by atoms with Crippen LogP contribution in [0.5, 0.6) is 5.75 Å². The summed E-state index contributed by atoms with van der Waals surface area (Å²) in [6, 6.07) is 20.7. The zero-order valence-electron chi connectivity index (χ0n) is 24.0. The Labute approximate surface area is 245 Å². The molecule has 1 heterocycles. The van der Waals surface area contributed by atoms with E-state index in [2.05, 4.69) is 20.9 Å². The number of nitrogens with zero attached hydrogens (tertiary/aromatic N) is 4. The molecule has 5 rings (SSSR count). The fourth-order valence-corrected chi connectivity index (χ4v) is 5.44. The van der Waals surface area contributed by atoms with Crippen LogP contribution in [-0.2, 0) is 20.9 Å². The number of ether oxygens (including phenoxy) is 1. The van der Waals surface area contributed by atoms with Gasteiger partial charge in [0.1, 0.15) is 23.9 Å². The molecule has 42 heavy (non-hydrogen) atoms. The summed E-state index contributed by atoms with van der Waals surface area (Å²) in [5, 5.41) is 14.4. The van der Waals surface area contributed by atoms with Crippen molar-refractivity contribution in [3.63, 3.8) is 0 Å². The molecule has 1 atom stereocenters. The molecule has 0 bridgehead atoms. The molecule has 218 valence electrons. The summed E-state index contributed by atoms with van der Waals surface area (Å²) >= 11 is 0. The second kappa shape index (κ2) is 13.3. The molecule has 10 heteroatoms. The molecular formula is C32H36N6O4. The lowest BCUT2D eigenvalue weighted by Crippen LogP contribution is -2.48. The summed E-state index contributed by atoms with van der Waals surface area (Å²) in [6.07, 6.45) is 5.10. The number of hydrogen-bond donors (Lipinski definition) is 2. The van der Waals surface area contributed by atoms with E-state index in [1.165, 1.54) is 11.8 Å². The maximum Gasteiger partial charge on any atom is 0.249 e. The largest absolute Gasteiger partial charge is 0.494 e. The Morgan fingerprint density at radius 1 is 0.976 bits per heavy atom. The third-order valence-electron chi connectivity index (χ3n) is 7.40. The summed E-state index contributed by atoms with van der Waals surface area (Å²) in [4.78, 5) is 41.5. The number of para-hydroxylation sites is 1. The highest BCUT2D eigenvalue weighted by atomic mass is 16.5. The van der Waals surface area contributed by atoms with Crippen molar-refractivity contribution < 1.29 is 19.1 Å². The van der Waals surface area contributed by atoms with Gasteiger partial charge in [-0.3, -0.25) is 19.3 Å². The maximum atomic E-state index is 14.3. The van der Waals surface area contributed by atoms with Crippen molar-refractivity contribution in [2.45, 2.75) is 64.6 Å². The van der Waals surface area contributed by atoms with E-state index in [4.69, 9.17) is 4.74 Å². The molecule has 4 aromatic rings. The van der Waals surface area contributed by atoms with E-state index in [0.29, 0.717) is 34.8 Å². The van der Waals surface area contributed by atoms with Crippen LogP contribution in [0.1, 0.15) is 57.6 Å². The van der Waals surface area contributed by atoms with Gasteiger partial charge >= 0.3 is 0 Å². The van der Waals surface area contributed by atoms with E-state index in [-0.39, 0.29) is 30.3 Å². The van der Waals surface area contributed by atoms with Crippen molar-refractivity contribution in [1.82, 2.24) is 20.3 Å². The normalized spacial score (nSPS) is 14.2. The number of hydrogen-bond acceptors (Lipinski definition) is 6. The van der Waals surface area contributed by atoms with E-state index in [1.807, 2.05) is 55.5 Å². The summed E-state index contributed by atoms with van der Waals surface area (Å²) in [6.45, 7) is 3.73. The Hall–Kier alpha value is -4.73. The molecule has 1 aromatic heterocycles. The van der Waals surface area contributed by atoms with Crippen LogP contribution in [0.15, 0.2) is 72.8 Å². The SMILES string of the molecule is CCOc1ccc(C(C(=O)NC2CCCCC2)N(C(=O)Cn2nnc3ccccc32)c2ccc(NC(C)=O)cc2)cc1. The van der Waals surface area contributed by atoms with Crippen molar-refractivity contribution in [3.8, 4) is 5.75 Å². The molecule has 0 aliphatic heterocycles. The molecule has 1 unspecified atom stereocenters. The Morgan fingerprint density at radius 3 is 2.38 bits per heavy atom. The van der Waals surface area contributed by atoms with Crippen molar-refractivity contribution in [2.24, 2.45) is 0 Å². The van der Waals surface area contributed by atoms with E-state index >= 15 is 0 Å². The fourth-order valence-electron chi connectivity index (χ4n) is 5.44. The number of aromatic nitrogens is 3. The van der Waals surface area contributed by atoms with Gasteiger partial charge in [0.2, 0.25) is 17.7 Å². The highest BCUT2D eigenvalue weighted by Gasteiger charge is 2.34. The van der Waals surface area contributed by atoms with Gasteiger partial charge in [-0.05, 0) is 73.9 Å². The van der Waals surface area contributed by atoms with Crippen LogP contribution < -0.4 is 20.3 Å². The number of carbonyl (C=O) groups excluding carboxylic acids is 3. The number of amides is 3. The molecule has 3 amide bonds. The molecule has 10 nitrogen and oxygen atoms in total. The number of rotatable bonds is 10. The van der Waals surface area contributed by atoms with Crippen LogP contribution in [0.25, 0.3) is 11.0 Å². The molecule has 1 aliphatic rings. The molecule has 2 N–H and O–H groups in total. The lowest BCUT2D eigenvalue weighted by molar-refractivity contribution is -0.127. The third kappa shape index (κ3) is 6.76. The predicted molar refractivity (Wildman–Crippen MR) is 161 cm³/mol. The zero-order valence-corrected chi connectivity index (χ0v) is 24.0. The number of fused-ring (bicyclic) bond motifs is 1. The van der Waals surface area contributed by atoms with Crippen LogP contribution in [0.2, 0.25) is 0 Å². The quantitative estimate of drug-likeness (QED) is 0.278. The lowest BCUT2D eigenvalue weighted by atomic mass is 9.94. The Morgan fingerprint density at radius 2 is 1.69 bits per heavy atom. The minimum atomic E-state index is -0.962. The number of benzene rings is 3. The first-order chi connectivity index (χ1) is 20.4. The van der Waals surface area contributed by atoms with Crippen LogP contribution in [0.4, 0.5) is 11.4 Å². The Bertz CT molecular complexity index is 1530. The van der Waals surface area contributed by atoms with Gasteiger partial charge in [0.25, 0.3) is 0 Å². The topological polar surface area (TPSA) is 118 Å². The average Bonchev–Trinajstić information content (AvgIpc) is 3.40. The van der Waals surface area contributed by atoms with Crippen molar-refractivity contribution in [1.29, 1.82) is 0 Å².